The zero-order valence-corrected chi connectivity index (χ0v) is 16.0. The summed E-state index contributed by atoms with van der Waals surface area (Å²) < 4.78 is 7.29. The molecular weight excluding hydrogens is 376 g/mol. The van der Waals surface area contributed by atoms with Crippen LogP contribution in [0.25, 0.3) is 0 Å². The number of nitrogens with zero attached hydrogens (tertiary/aromatic N) is 3. The summed E-state index contributed by atoms with van der Waals surface area (Å²) in [5.74, 6) is 0.861. The van der Waals surface area contributed by atoms with Gasteiger partial charge in [0, 0.05) is 0 Å². The van der Waals surface area contributed by atoms with E-state index in [4.69, 9.17) is 4.74 Å². The first-order valence-corrected chi connectivity index (χ1v) is 9.37. The number of benzene rings is 3. The molecule has 0 radical (unpaired) electrons. The molecule has 1 N–H and O–H groups in total. The molecule has 0 saturated carbocycles. The number of anilines is 2. The van der Waals surface area contributed by atoms with Crippen LogP contribution in [0.1, 0.15) is 11.1 Å². The maximum Gasteiger partial charge on any atom is 0.294 e. The number of rotatable bonds is 6. The summed E-state index contributed by atoms with van der Waals surface area (Å²) in [4.78, 5) is 13.3. The second-order valence-corrected chi connectivity index (χ2v) is 6.53. The van der Waals surface area contributed by atoms with E-state index in [0.29, 0.717) is 23.5 Å². The summed E-state index contributed by atoms with van der Waals surface area (Å²) in [5.41, 5.74) is 1.76. The monoisotopic (exact) mass is 394 g/mol. The van der Waals surface area contributed by atoms with Crippen LogP contribution >= 0.6 is 0 Å². The van der Waals surface area contributed by atoms with Crippen molar-refractivity contribution in [2.75, 3.05) is 5.32 Å². The number of hydrogen-bond donors (Lipinski definition) is 1. The van der Waals surface area contributed by atoms with Crippen molar-refractivity contribution in [1.29, 1.82) is 5.26 Å². The first-order valence-electron chi connectivity index (χ1n) is 9.37. The third-order valence-corrected chi connectivity index (χ3v) is 4.46. The van der Waals surface area contributed by atoms with Gasteiger partial charge in [-0.15, -0.1) is 0 Å². The first-order chi connectivity index (χ1) is 14.7. The van der Waals surface area contributed by atoms with Crippen molar-refractivity contribution in [3.8, 4) is 17.6 Å². The summed E-state index contributed by atoms with van der Waals surface area (Å²) in [6.45, 7) is 0.319. The molecule has 0 spiro atoms. The first kappa shape index (κ1) is 19.0. The van der Waals surface area contributed by atoms with Gasteiger partial charge in [-0.3, -0.25) is 4.79 Å². The number of nitrogens with one attached hydrogen (secondary N) is 1. The van der Waals surface area contributed by atoms with Gasteiger partial charge in [-0.25, -0.2) is 4.68 Å². The number of para-hydroxylation sites is 2. The molecule has 0 saturated heterocycles. The average Bonchev–Trinajstić information content (AvgIpc) is 2.80. The molecule has 0 aliphatic rings. The predicted octanol–water partition coefficient (Wildman–Crippen LogP) is 4.70. The van der Waals surface area contributed by atoms with Crippen LogP contribution in [0.2, 0.25) is 0 Å². The van der Waals surface area contributed by atoms with E-state index in [2.05, 4.69) is 16.5 Å². The Hall–Kier alpha value is -4.37. The van der Waals surface area contributed by atoms with Crippen LogP contribution in [-0.4, -0.2) is 9.78 Å². The van der Waals surface area contributed by atoms with Crippen LogP contribution in [0.15, 0.2) is 95.9 Å². The molecule has 0 fully saturated rings. The van der Waals surface area contributed by atoms with Gasteiger partial charge in [0.1, 0.15) is 11.8 Å². The summed E-state index contributed by atoms with van der Waals surface area (Å²) in [5, 5.41) is 16.8. The molecule has 30 heavy (non-hydrogen) atoms. The molecule has 0 unspecified atom stereocenters. The Morgan fingerprint density at radius 2 is 1.60 bits per heavy atom. The highest BCUT2D eigenvalue weighted by molar-refractivity contribution is 5.69. The molecule has 6 heteroatoms. The van der Waals surface area contributed by atoms with Gasteiger partial charge in [0.05, 0.1) is 24.0 Å². The van der Waals surface area contributed by atoms with Crippen molar-refractivity contribution in [2.45, 2.75) is 6.54 Å². The molecule has 0 bridgehead atoms. The van der Waals surface area contributed by atoms with Crippen LogP contribution < -0.4 is 15.6 Å². The van der Waals surface area contributed by atoms with E-state index in [1.54, 1.807) is 36.4 Å². The van der Waals surface area contributed by atoms with Crippen molar-refractivity contribution >= 4 is 11.4 Å². The number of ether oxygens (including phenoxy) is 1. The largest absolute Gasteiger partial charge is 0.453 e. The lowest BCUT2D eigenvalue weighted by Crippen LogP contribution is -2.26. The fraction of sp³-hybridized carbons (Fsp3) is 0.0417. The Labute approximate surface area is 173 Å². The standard InChI is InChI=1S/C24H18N4O2/c25-15-19-11-7-8-14-21(19)27-23-22(30-20-12-5-2-6-13-20)16-26-28(24(23)29)17-18-9-3-1-4-10-18/h1-14,16,27H,17H2. The van der Waals surface area contributed by atoms with Gasteiger partial charge < -0.3 is 10.1 Å². The Morgan fingerprint density at radius 3 is 2.33 bits per heavy atom. The van der Waals surface area contributed by atoms with Gasteiger partial charge in [-0.2, -0.15) is 10.4 Å². The van der Waals surface area contributed by atoms with Crippen LogP contribution in [0.4, 0.5) is 11.4 Å². The van der Waals surface area contributed by atoms with Crippen LogP contribution in [-0.2, 0) is 6.54 Å². The predicted molar refractivity (Wildman–Crippen MR) is 115 cm³/mol. The molecular formula is C24H18N4O2. The molecule has 6 nitrogen and oxygen atoms in total. The highest BCUT2D eigenvalue weighted by Gasteiger charge is 2.16. The maximum atomic E-state index is 13.3. The van der Waals surface area contributed by atoms with Gasteiger partial charge in [-0.1, -0.05) is 60.7 Å². The average molecular weight is 394 g/mol. The Bertz CT molecular complexity index is 1250. The molecule has 146 valence electrons. The Morgan fingerprint density at radius 1 is 0.933 bits per heavy atom. The highest BCUT2D eigenvalue weighted by Crippen LogP contribution is 2.29. The fourth-order valence-corrected chi connectivity index (χ4v) is 2.97. The quantitative estimate of drug-likeness (QED) is 0.513. The van der Waals surface area contributed by atoms with Gasteiger partial charge in [0.15, 0.2) is 11.4 Å². The summed E-state index contributed by atoms with van der Waals surface area (Å²) in [7, 11) is 0. The zero-order valence-electron chi connectivity index (χ0n) is 16.0. The van der Waals surface area contributed by atoms with Gasteiger partial charge >= 0.3 is 0 Å². The zero-order chi connectivity index (χ0) is 20.8. The van der Waals surface area contributed by atoms with E-state index in [9.17, 15) is 10.1 Å². The second-order valence-electron chi connectivity index (χ2n) is 6.53. The minimum atomic E-state index is -0.347. The molecule has 3 aromatic carbocycles. The summed E-state index contributed by atoms with van der Waals surface area (Å²) in [6, 6.07) is 27.9. The molecule has 1 heterocycles. The summed E-state index contributed by atoms with van der Waals surface area (Å²) in [6.07, 6.45) is 1.51. The third kappa shape index (κ3) is 4.21. The summed E-state index contributed by atoms with van der Waals surface area (Å²) >= 11 is 0. The second kappa shape index (κ2) is 8.76. The molecule has 0 amide bonds. The molecule has 0 atom stereocenters. The Balaban J connectivity index is 1.77. The molecule has 1 aromatic heterocycles. The number of aromatic nitrogens is 2. The molecule has 4 rings (SSSR count). The highest BCUT2D eigenvalue weighted by atomic mass is 16.5. The topological polar surface area (TPSA) is 79.9 Å². The normalized spacial score (nSPS) is 10.2. The SMILES string of the molecule is N#Cc1ccccc1Nc1c(Oc2ccccc2)cnn(Cc2ccccc2)c1=O. The van der Waals surface area contributed by atoms with E-state index < -0.39 is 0 Å². The molecule has 0 aliphatic carbocycles. The van der Waals surface area contributed by atoms with Gasteiger partial charge in [0.2, 0.25) is 0 Å². The smallest absolute Gasteiger partial charge is 0.294 e. The van der Waals surface area contributed by atoms with Crippen molar-refractivity contribution in [3.05, 3.63) is 113 Å². The lowest BCUT2D eigenvalue weighted by Gasteiger charge is -2.15. The maximum absolute atomic E-state index is 13.3. The van der Waals surface area contributed by atoms with Crippen LogP contribution in [0.3, 0.4) is 0 Å². The van der Waals surface area contributed by atoms with Crippen molar-refractivity contribution < 1.29 is 4.74 Å². The molecule has 4 aromatic rings. The van der Waals surface area contributed by atoms with Crippen LogP contribution in [0, 0.1) is 11.3 Å². The van der Waals surface area contributed by atoms with Gasteiger partial charge in [0.25, 0.3) is 5.56 Å². The van der Waals surface area contributed by atoms with E-state index in [-0.39, 0.29) is 17.0 Å². The third-order valence-electron chi connectivity index (χ3n) is 4.46. The van der Waals surface area contributed by atoms with Crippen LogP contribution in [0.5, 0.6) is 11.5 Å². The minimum absolute atomic E-state index is 0.215. The van der Waals surface area contributed by atoms with Crippen molar-refractivity contribution in [2.24, 2.45) is 0 Å². The van der Waals surface area contributed by atoms with E-state index in [1.807, 2.05) is 48.5 Å². The van der Waals surface area contributed by atoms with E-state index >= 15 is 0 Å². The fourth-order valence-electron chi connectivity index (χ4n) is 2.97. The van der Waals surface area contributed by atoms with Crippen molar-refractivity contribution in [3.63, 3.8) is 0 Å². The van der Waals surface area contributed by atoms with E-state index in [1.165, 1.54) is 10.9 Å². The Kier molecular flexibility index (Phi) is 5.54. The minimum Gasteiger partial charge on any atom is -0.453 e. The number of nitriles is 1. The van der Waals surface area contributed by atoms with Gasteiger partial charge in [-0.05, 0) is 29.8 Å². The lowest BCUT2D eigenvalue weighted by molar-refractivity contribution is 0.473. The van der Waals surface area contributed by atoms with E-state index in [0.717, 1.165) is 5.56 Å². The molecule has 0 aliphatic heterocycles. The lowest BCUT2D eigenvalue weighted by atomic mass is 10.2. The van der Waals surface area contributed by atoms with Crippen molar-refractivity contribution in [1.82, 2.24) is 9.78 Å². The number of hydrogen-bond acceptors (Lipinski definition) is 5.